The van der Waals surface area contributed by atoms with Crippen molar-refractivity contribution in [2.75, 3.05) is 0 Å². The average molecular weight is 379 g/mol. The number of hydrogen-bond donors (Lipinski definition) is 4. The summed E-state index contributed by atoms with van der Waals surface area (Å²) >= 11 is 0. The quantitative estimate of drug-likeness (QED) is 0.390. The van der Waals surface area contributed by atoms with Crippen LogP contribution in [-0.2, 0) is 4.79 Å². The number of carboxylic acids is 1. The molecule has 0 radical (unpaired) electrons. The molecule has 5 heteroatoms. The van der Waals surface area contributed by atoms with Gasteiger partial charge in [-0.1, -0.05) is 55.5 Å². The van der Waals surface area contributed by atoms with Gasteiger partial charge in [0.15, 0.2) is 0 Å². The molecule has 4 N–H and O–H groups in total. The molecule has 2 unspecified atom stereocenters. The number of allylic oxidation sites excluding steroid dienone is 5. The van der Waals surface area contributed by atoms with Crippen LogP contribution in [0.5, 0.6) is 0 Å². The van der Waals surface area contributed by atoms with Crippen LogP contribution >= 0.6 is 0 Å². The van der Waals surface area contributed by atoms with Crippen molar-refractivity contribution in [2.45, 2.75) is 70.2 Å². The van der Waals surface area contributed by atoms with Gasteiger partial charge in [0.25, 0.3) is 0 Å². The lowest BCUT2D eigenvalue weighted by molar-refractivity contribution is -0.136. The minimum Gasteiger partial charge on any atom is -0.481 e. The zero-order valence-corrected chi connectivity index (χ0v) is 16.2. The van der Waals surface area contributed by atoms with E-state index in [0.717, 1.165) is 12.8 Å². The van der Waals surface area contributed by atoms with Crippen LogP contribution in [0.2, 0.25) is 0 Å². The molecular formula is C22H34O5. The number of carbonyl (C=O) groups is 1. The molecule has 0 aromatic rings. The van der Waals surface area contributed by atoms with Gasteiger partial charge in [0.1, 0.15) is 0 Å². The molecule has 1 rings (SSSR count). The van der Waals surface area contributed by atoms with Gasteiger partial charge in [-0.15, -0.1) is 0 Å². The highest BCUT2D eigenvalue weighted by atomic mass is 16.4. The van der Waals surface area contributed by atoms with E-state index in [2.05, 4.69) is 19.1 Å². The Morgan fingerprint density at radius 2 is 1.81 bits per heavy atom. The van der Waals surface area contributed by atoms with Crippen molar-refractivity contribution in [3.63, 3.8) is 0 Å². The first kappa shape index (κ1) is 23.3. The minimum absolute atomic E-state index is 0.0869. The summed E-state index contributed by atoms with van der Waals surface area (Å²) in [4.78, 5) is 10.5. The molecule has 27 heavy (non-hydrogen) atoms. The average Bonchev–Trinajstić information content (AvgIpc) is 2.88. The topological polar surface area (TPSA) is 98.0 Å². The number of aliphatic hydroxyl groups excluding tert-OH is 3. The molecule has 0 saturated heterocycles. The first-order chi connectivity index (χ1) is 13.0. The molecule has 0 amide bonds. The Balaban J connectivity index is 2.49. The van der Waals surface area contributed by atoms with Crippen molar-refractivity contribution >= 4 is 5.97 Å². The zero-order valence-electron chi connectivity index (χ0n) is 16.2. The SMILES string of the molecule is CC/C=C/C/C=C/CC(O)/C=C/C1[C@H](O)C[C@H](O)[C@H]1C/C=C/CCC(=O)O. The molecule has 5 atom stereocenters. The monoisotopic (exact) mass is 378 g/mol. The van der Waals surface area contributed by atoms with Crippen molar-refractivity contribution in [1.82, 2.24) is 0 Å². The summed E-state index contributed by atoms with van der Waals surface area (Å²) in [6.07, 6.45) is 17.3. The first-order valence-corrected chi connectivity index (χ1v) is 9.85. The minimum atomic E-state index is -0.832. The number of carboxylic acid groups (broad SMARTS) is 1. The lowest BCUT2D eigenvalue weighted by atomic mass is 9.89. The van der Waals surface area contributed by atoms with E-state index in [4.69, 9.17) is 5.11 Å². The van der Waals surface area contributed by atoms with Crippen molar-refractivity contribution in [3.05, 3.63) is 48.6 Å². The second-order valence-electron chi connectivity index (χ2n) is 7.03. The molecule has 1 saturated carbocycles. The van der Waals surface area contributed by atoms with E-state index in [0.29, 0.717) is 25.7 Å². The Labute approximate surface area is 162 Å². The summed E-state index contributed by atoms with van der Waals surface area (Å²) in [6, 6.07) is 0. The normalized spacial score (nSPS) is 27.6. The van der Waals surface area contributed by atoms with Crippen LogP contribution in [0, 0.1) is 11.8 Å². The van der Waals surface area contributed by atoms with E-state index in [1.54, 1.807) is 12.2 Å². The Morgan fingerprint density at radius 1 is 1.07 bits per heavy atom. The van der Waals surface area contributed by atoms with Gasteiger partial charge in [-0.3, -0.25) is 4.79 Å². The molecule has 0 aromatic carbocycles. The fraction of sp³-hybridized carbons (Fsp3) is 0.591. The van der Waals surface area contributed by atoms with Crippen molar-refractivity contribution < 1.29 is 25.2 Å². The summed E-state index contributed by atoms with van der Waals surface area (Å²) in [7, 11) is 0. The largest absolute Gasteiger partial charge is 0.481 e. The number of aliphatic hydroxyl groups is 3. The van der Waals surface area contributed by atoms with Gasteiger partial charge in [-0.2, -0.15) is 0 Å². The first-order valence-electron chi connectivity index (χ1n) is 9.85. The molecule has 0 aromatic heterocycles. The molecule has 0 spiro atoms. The van der Waals surface area contributed by atoms with Crippen LogP contribution in [0.15, 0.2) is 48.6 Å². The second kappa shape index (κ2) is 13.5. The molecule has 1 fully saturated rings. The number of aliphatic carboxylic acids is 1. The van der Waals surface area contributed by atoms with E-state index in [1.165, 1.54) is 0 Å². The summed E-state index contributed by atoms with van der Waals surface area (Å²) in [5.41, 5.74) is 0. The lowest BCUT2D eigenvalue weighted by Gasteiger charge is -2.19. The van der Waals surface area contributed by atoms with Crippen LogP contribution in [0.1, 0.15) is 51.9 Å². The van der Waals surface area contributed by atoms with E-state index in [9.17, 15) is 20.1 Å². The van der Waals surface area contributed by atoms with Gasteiger partial charge in [-0.25, -0.2) is 0 Å². The highest BCUT2D eigenvalue weighted by Crippen LogP contribution is 2.36. The Morgan fingerprint density at radius 3 is 2.52 bits per heavy atom. The van der Waals surface area contributed by atoms with E-state index in [-0.39, 0.29) is 18.3 Å². The maximum Gasteiger partial charge on any atom is 0.303 e. The van der Waals surface area contributed by atoms with Crippen LogP contribution in [0.3, 0.4) is 0 Å². The van der Waals surface area contributed by atoms with E-state index >= 15 is 0 Å². The van der Waals surface area contributed by atoms with Gasteiger partial charge in [0.05, 0.1) is 18.3 Å². The van der Waals surface area contributed by atoms with Gasteiger partial charge in [0.2, 0.25) is 0 Å². The predicted octanol–water partition coefficient (Wildman–Crippen LogP) is 3.38. The standard InChI is InChI=1S/C22H34O5/c1-2-3-4-5-6-8-11-17(23)14-15-19-18(20(24)16-21(19)25)12-9-7-10-13-22(26)27/h3-4,6-9,14-15,17-21,23-25H,2,5,10-13,16H2,1H3,(H,26,27)/b4-3+,8-6+,9-7+,15-14+/t17?,18-,19?,20-,21+/m0/s1. The van der Waals surface area contributed by atoms with E-state index in [1.807, 2.05) is 24.3 Å². The number of hydrogen-bond acceptors (Lipinski definition) is 4. The summed E-state index contributed by atoms with van der Waals surface area (Å²) in [6.45, 7) is 2.09. The van der Waals surface area contributed by atoms with Gasteiger partial charge >= 0.3 is 5.97 Å². The van der Waals surface area contributed by atoms with Crippen molar-refractivity contribution in [1.29, 1.82) is 0 Å². The maximum absolute atomic E-state index is 10.5. The smallest absolute Gasteiger partial charge is 0.303 e. The Bertz CT molecular complexity index is 535. The molecule has 5 nitrogen and oxygen atoms in total. The Hall–Kier alpha value is -1.69. The van der Waals surface area contributed by atoms with Crippen LogP contribution in [-0.4, -0.2) is 44.7 Å². The molecule has 1 aliphatic carbocycles. The van der Waals surface area contributed by atoms with Gasteiger partial charge < -0.3 is 20.4 Å². The van der Waals surface area contributed by atoms with Crippen molar-refractivity contribution in [3.8, 4) is 0 Å². The van der Waals surface area contributed by atoms with Crippen LogP contribution < -0.4 is 0 Å². The molecule has 0 heterocycles. The summed E-state index contributed by atoms with van der Waals surface area (Å²) in [5, 5.41) is 39.1. The third-order valence-electron chi connectivity index (χ3n) is 4.79. The lowest BCUT2D eigenvalue weighted by Crippen LogP contribution is -2.20. The molecule has 1 aliphatic rings. The fourth-order valence-corrected chi connectivity index (χ4v) is 3.29. The highest BCUT2D eigenvalue weighted by Gasteiger charge is 2.39. The van der Waals surface area contributed by atoms with Gasteiger partial charge in [0, 0.05) is 18.8 Å². The molecule has 0 aliphatic heterocycles. The molecule has 0 bridgehead atoms. The second-order valence-corrected chi connectivity index (χ2v) is 7.03. The zero-order chi connectivity index (χ0) is 20.1. The maximum atomic E-state index is 10.5. The Kier molecular flexibility index (Phi) is 11.7. The summed E-state index contributed by atoms with van der Waals surface area (Å²) in [5.74, 6) is -1.17. The highest BCUT2D eigenvalue weighted by molar-refractivity contribution is 5.66. The number of rotatable bonds is 12. The van der Waals surface area contributed by atoms with Crippen LogP contribution in [0.4, 0.5) is 0 Å². The van der Waals surface area contributed by atoms with Crippen LogP contribution in [0.25, 0.3) is 0 Å². The molecular weight excluding hydrogens is 344 g/mol. The van der Waals surface area contributed by atoms with Gasteiger partial charge in [-0.05, 0) is 38.0 Å². The third-order valence-corrected chi connectivity index (χ3v) is 4.79. The fourth-order valence-electron chi connectivity index (χ4n) is 3.29. The van der Waals surface area contributed by atoms with Crippen molar-refractivity contribution in [2.24, 2.45) is 11.8 Å². The third kappa shape index (κ3) is 9.70. The van der Waals surface area contributed by atoms with E-state index < -0.39 is 24.3 Å². The summed E-state index contributed by atoms with van der Waals surface area (Å²) < 4.78 is 0. The molecule has 152 valence electrons. The predicted molar refractivity (Wildman–Crippen MR) is 107 cm³/mol.